The van der Waals surface area contributed by atoms with E-state index in [-0.39, 0.29) is 0 Å². The molecule has 2 nitrogen and oxygen atoms in total. The molecule has 0 aromatic heterocycles. The first-order valence-electron chi connectivity index (χ1n) is 12.4. The molecule has 3 heteroatoms. The minimum Gasteiger partial charge on any atom is -0.480 e. The molecular formula is C29H46O2S. The average molecular weight is 459 g/mol. The standard InChI is InChI=1S/C29H46O2S/c1-4-7-8-9-10-11-12-13-14-15-16-17-18-19-20-21-22-23-24-25-26-27-32-29(5-2,6-3)28(30)31/h7-8,10-11,13-14,16-17,19-20,22-23H,4-6,9,12,15,18,21,24-27H2,1-3H3,(H,30,31)/b8-7-,11-10-,14-13-,17-16-,20-19-,23-22-. The van der Waals surface area contributed by atoms with Crippen LogP contribution >= 0.6 is 11.8 Å². The molecule has 0 bridgehead atoms. The molecule has 0 heterocycles. The predicted octanol–water partition coefficient (Wildman–Crippen LogP) is 9.23. The molecule has 0 unspecified atom stereocenters. The first-order valence-corrected chi connectivity index (χ1v) is 13.4. The van der Waals surface area contributed by atoms with E-state index in [0.717, 1.165) is 63.5 Å². The molecule has 0 aliphatic heterocycles. The van der Waals surface area contributed by atoms with Crippen LogP contribution in [0.1, 0.15) is 91.4 Å². The van der Waals surface area contributed by atoms with Crippen molar-refractivity contribution in [1.82, 2.24) is 0 Å². The van der Waals surface area contributed by atoms with E-state index in [2.05, 4.69) is 79.8 Å². The molecule has 0 aromatic carbocycles. The second-order valence-electron chi connectivity index (χ2n) is 7.77. The van der Waals surface area contributed by atoms with Crippen LogP contribution in [-0.2, 0) is 4.79 Å². The summed E-state index contributed by atoms with van der Waals surface area (Å²) in [5.74, 6) is 0.265. The number of unbranched alkanes of at least 4 members (excludes halogenated alkanes) is 2. The molecule has 0 fully saturated rings. The van der Waals surface area contributed by atoms with Gasteiger partial charge in [-0.1, -0.05) is 93.7 Å². The first-order chi connectivity index (χ1) is 15.6. The summed E-state index contributed by atoms with van der Waals surface area (Å²) in [6, 6.07) is 0. The van der Waals surface area contributed by atoms with Crippen molar-refractivity contribution in [3.63, 3.8) is 0 Å². The summed E-state index contributed by atoms with van der Waals surface area (Å²) in [5, 5.41) is 9.45. The summed E-state index contributed by atoms with van der Waals surface area (Å²) in [6.45, 7) is 6.10. The van der Waals surface area contributed by atoms with Crippen molar-refractivity contribution in [2.45, 2.75) is 96.1 Å². The highest BCUT2D eigenvalue weighted by molar-refractivity contribution is 8.01. The molecule has 0 atom stereocenters. The van der Waals surface area contributed by atoms with Gasteiger partial charge in [0.25, 0.3) is 0 Å². The molecule has 0 saturated heterocycles. The van der Waals surface area contributed by atoms with Gasteiger partial charge in [0.15, 0.2) is 0 Å². The van der Waals surface area contributed by atoms with Crippen molar-refractivity contribution in [2.24, 2.45) is 0 Å². The third kappa shape index (κ3) is 16.9. The van der Waals surface area contributed by atoms with Crippen LogP contribution in [0.25, 0.3) is 0 Å². The van der Waals surface area contributed by atoms with Gasteiger partial charge in [-0.05, 0) is 76.4 Å². The highest BCUT2D eigenvalue weighted by atomic mass is 32.2. The monoisotopic (exact) mass is 458 g/mol. The topological polar surface area (TPSA) is 37.3 Å². The van der Waals surface area contributed by atoms with Crippen molar-refractivity contribution in [1.29, 1.82) is 0 Å². The average Bonchev–Trinajstić information content (AvgIpc) is 2.80. The van der Waals surface area contributed by atoms with Crippen LogP contribution in [0.5, 0.6) is 0 Å². The Labute approximate surface area is 202 Å². The molecule has 0 aromatic rings. The van der Waals surface area contributed by atoms with Crippen molar-refractivity contribution in [3.05, 3.63) is 72.9 Å². The lowest BCUT2D eigenvalue weighted by atomic mass is 10.0. The minimum absolute atomic E-state index is 0.589. The van der Waals surface area contributed by atoms with Crippen LogP contribution in [0, 0.1) is 0 Å². The van der Waals surface area contributed by atoms with Gasteiger partial charge in [-0.3, -0.25) is 4.79 Å². The molecule has 32 heavy (non-hydrogen) atoms. The molecule has 0 aliphatic carbocycles. The number of carbonyl (C=O) groups is 1. The summed E-state index contributed by atoms with van der Waals surface area (Å²) in [5.41, 5.74) is 0. The third-order valence-corrected chi connectivity index (χ3v) is 7.07. The number of rotatable bonds is 20. The number of carboxylic acid groups (broad SMARTS) is 1. The fourth-order valence-corrected chi connectivity index (χ4v) is 4.36. The Morgan fingerprint density at radius 2 is 1.06 bits per heavy atom. The Kier molecular flexibility index (Phi) is 21.2. The van der Waals surface area contributed by atoms with E-state index < -0.39 is 10.7 Å². The minimum atomic E-state index is -0.663. The maximum atomic E-state index is 11.5. The highest BCUT2D eigenvalue weighted by Crippen LogP contribution is 2.33. The van der Waals surface area contributed by atoms with E-state index in [9.17, 15) is 9.90 Å². The van der Waals surface area contributed by atoms with Gasteiger partial charge < -0.3 is 5.11 Å². The molecule has 0 rings (SSSR count). The summed E-state index contributed by atoms with van der Waals surface area (Å²) >= 11 is 1.62. The molecule has 180 valence electrons. The number of hydrogen-bond donors (Lipinski definition) is 1. The quantitative estimate of drug-likeness (QED) is 0.146. The summed E-state index contributed by atoms with van der Waals surface area (Å²) in [7, 11) is 0. The van der Waals surface area contributed by atoms with Gasteiger partial charge in [-0.25, -0.2) is 0 Å². The van der Waals surface area contributed by atoms with E-state index in [4.69, 9.17) is 0 Å². The van der Waals surface area contributed by atoms with Gasteiger partial charge in [0, 0.05) is 0 Å². The molecular weight excluding hydrogens is 412 g/mol. The normalized spacial score (nSPS) is 13.3. The van der Waals surface area contributed by atoms with E-state index in [1.54, 1.807) is 11.8 Å². The predicted molar refractivity (Wildman–Crippen MR) is 145 cm³/mol. The number of hydrogen-bond acceptors (Lipinski definition) is 2. The van der Waals surface area contributed by atoms with Crippen molar-refractivity contribution in [2.75, 3.05) is 5.75 Å². The van der Waals surface area contributed by atoms with Crippen molar-refractivity contribution < 1.29 is 9.90 Å². The maximum absolute atomic E-state index is 11.5. The lowest BCUT2D eigenvalue weighted by molar-refractivity contribution is -0.140. The summed E-state index contributed by atoms with van der Waals surface area (Å²) in [6.07, 6.45) is 37.4. The second-order valence-corrected chi connectivity index (χ2v) is 9.24. The largest absolute Gasteiger partial charge is 0.480 e. The summed E-state index contributed by atoms with van der Waals surface area (Å²) < 4.78 is -0.589. The zero-order chi connectivity index (χ0) is 23.8. The molecule has 1 N–H and O–H groups in total. The van der Waals surface area contributed by atoms with Gasteiger partial charge in [-0.2, -0.15) is 0 Å². The van der Waals surface area contributed by atoms with Crippen LogP contribution in [-0.4, -0.2) is 21.6 Å². The van der Waals surface area contributed by atoms with E-state index in [1.807, 2.05) is 13.8 Å². The van der Waals surface area contributed by atoms with Crippen LogP contribution in [0.4, 0.5) is 0 Å². The number of allylic oxidation sites excluding steroid dienone is 12. The number of aliphatic carboxylic acids is 1. The molecule has 0 saturated carbocycles. The molecule has 0 radical (unpaired) electrons. The van der Waals surface area contributed by atoms with Gasteiger partial charge in [0.05, 0.1) is 0 Å². The fourth-order valence-electron chi connectivity index (χ4n) is 3.09. The van der Waals surface area contributed by atoms with Crippen LogP contribution in [0.2, 0.25) is 0 Å². The lowest BCUT2D eigenvalue weighted by Crippen LogP contribution is -2.33. The molecule has 0 spiro atoms. The van der Waals surface area contributed by atoms with Gasteiger partial charge in [0.2, 0.25) is 0 Å². The number of carboxylic acids is 1. The van der Waals surface area contributed by atoms with Gasteiger partial charge in [0.1, 0.15) is 4.75 Å². The molecule has 0 aliphatic rings. The van der Waals surface area contributed by atoms with E-state index >= 15 is 0 Å². The first kappa shape index (κ1) is 30.3. The Morgan fingerprint density at radius 1 is 0.656 bits per heavy atom. The van der Waals surface area contributed by atoms with Gasteiger partial charge >= 0.3 is 5.97 Å². The third-order valence-electron chi connectivity index (χ3n) is 5.27. The zero-order valence-corrected chi connectivity index (χ0v) is 21.5. The van der Waals surface area contributed by atoms with E-state index in [0.29, 0.717) is 12.8 Å². The fraction of sp³-hybridized carbons (Fsp3) is 0.552. The van der Waals surface area contributed by atoms with Crippen molar-refractivity contribution in [3.8, 4) is 0 Å². The zero-order valence-electron chi connectivity index (χ0n) is 20.7. The Hall–Kier alpha value is -1.74. The Bertz CT molecular complexity index is 619. The highest BCUT2D eigenvalue weighted by Gasteiger charge is 2.34. The number of thioether (sulfide) groups is 1. The van der Waals surface area contributed by atoms with Crippen LogP contribution < -0.4 is 0 Å². The van der Waals surface area contributed by atoms with Gasteiger partial charge in [-0.15, -0.1) is 11.8 Å². The smallest absolute Gasteiger partial charge is 0.319 e. The van der Waals surface area contributed by atoms with Crippen LogP contribution in [0.3, 0.4) is 0 Å². The molecule has 0 amide bonds. The SMILES string of the molecule is CC/C=C\C/C=C\C/C=C\C/C=C\C/C=C\C/C=C\CCCCSC(CC)(CC)C(=O)O. The Morgan fingerprint density at radius 3 is 1.44 bits per heavy atom. The van der Waals surface area contributed by atoms with Crippen molar-refractivity contribution >= 4 is 17.7 Å². The van der Waals surface area contributed by atoms with Crippen LogP contribution in [0.15, 0.2) is 72.9 Å². The van der Waals surface area contributed by atoms with E-state index in [1.165, 1.54) is 0 Å². The summed E-state index contributed by atoms with van der Waals surface area (Å²) in [4.78, 5) is 11.5. The maximum Gasteiger partial charge on any atom is 0.319 e. The Balaban J connectivity index is 3.68. The second kappa shape index (κ2) is 22.5. The lowest BCUT2D eigenvalue weighted by Gasteiger charge is -2.25.